The van der Waals surface area contributed by atoms with Crippen LogP contribution in [-0.2, 0) is 11.4 Å². The Morgan fingerprint density at radius 3 is 2.52 bits per heavy atom. The molecule has 1 atom stereocenters. The Morgan fingerprint density at radius 2 is 1.77 bits per heavy atom. The molecule has 0 aromatic heterocycles. The van der Waals surface area contributed by atoms with Gasteiger partial charge in [0.15, 0.2) is 5.75 Å². The first-order valence-corrected chi connectivity index (χ1v) is 10.5. The van der Waals surface area contributed by atoms with E-state index in [1.807, 2.05) is 6.07 Å². The zero-order valence-corrected chi connectivity index (χ0v) is 16.8. The van der Waals surface area contributed by atoms with Gasteiger partial charge in [-0.05, 0) is 47.5 Å². The van der Waals surface area contributed by atoms with Crippen LogP contribution < -0.4 is 19.5 Å². The Labute approximate surface area is 178 Å². The summed E-state index contributed by atoms with van der Waals surface area (Å²) < 4.78 is 61.3. The van der Waals surface area contributed by atoms with Crippen LogP contribution in [-0.4, -0.2) is 23.1 Å². The molecule has 1 unspecified atom stereocenters. The Balaban J connectivity index is 1.65. The molecule has 1 amide bonds. The van der Waals surface area contributed by atoms with Crippen LogP contribution in [0.15, 0.2) is 60.7 Å². The lowest BCUT2D eigenvalue weighted by Gasteiger charge is -2.12. The van der Waals surface area contributed by atoms with Crippen LogP contribution in [0.25, 0.3) is 11.1 Å². The third kappa shape index (κ3) is 4.86. The van der Waals surface area contributed by atoms with Gasteiger partial charge in [-0.15, -0.1) is 13.2 Å². The number of hydrogen-bond donors (Lipinski definition) is 2. The van der Waals surface area contributed by atoms with E-state index in [1.54, 1.807) is 36.4 Å². The first-order chi connectivity index (χ1) is 14.7. The van der Waals surface area contributed by atoms with Gasteiger partial charge in [0.25, 0.3) is 5.91 Å². The quantitative estimate of drug-likeness (QED) is 0.528. The summed E-state index contributed by atoms with van der Waals surface area (Å²) in [4.78, 5) is 12.8. The van der Waals surface area contributed by atoms with Crippen molar-refractivity contribution in [2.75, 3.05) is 16.3 Å². The minimum Gasteiger partial charge on any atom is -0.593 e. The molecule has 2 N–H and O–H groups in total. The molecule has 1 aliphatic rings. The summed E-state index contributed by atoms with van der Waals surface area (Å²) in [5.41, 5.74) is 2.40. The number of hydrogen-bond acceptors (Lipinski definition) is 5. The minimum atomic E-state index is -4.85. The number of rotatable bonds is 4. The summed E-state index contributed by atoms with van der Waals surface area (Å²) in [6.07, 6.45) is -3.34. The summed E-state index contributed by atoms with van der Waals surface area (Å²) >= 11 is -1.24. The fraction of sp³-hybridized carbons (Fsp3) is 0.0952. The van der Waals surface area contributed by atoms with Crippen molar-refractivity contribution in [3.05, 3.63) is 66.2 Å². The van der Waals surface area contributed by atoms with Gasteiger partial charge in [0.2, 0.25) is 0 Å². The molecule has 0 saturated heterocycles. The molecule has 160 valence electrons. The molecule has 31 heavy (non-hydrogen) atoms. The molecular formula is C21H15F3N2O4S. The van der Waals surface area contributed by atoms with E-state index >= 15 is 0 Å². The molecule has 3 aromatic rings. The zero-order chi connectivity index (χ0) is 22.2. The van der Waals surface area contributed by atoms with Crippen LogP contribution >= 0.6 is 0 Å². The summed E-state index contributed by atoms with van der Waals surface area (Å²) in [6, 6.07) is 15.6. The van der Waals surface area contributed by atoms with Gasteiger partial charge in [0, 0.05) is 6.07 Å². The van der Waals surface area contributed by atoms with Crippen molar-refractivity contribution in [1.29, 1.82) is 0 Å². The number of amides is 1. The van der Waals surface area contributed by atoms with E-state index in [-0.39, 0.29) is 22.7 Å². The minimum absolute atomic E-state index is 0.0566. The van der Waals surface area contributed by atoms with E-state index in [1.165, 1.54) is 12.3 Å². The lowest BCUT2D eigenvalue weighted by atomic mass is 10.0. The number of halogens is 3. The first-order valence-electron chi connectivity index (χ1n) is 8.91. The number of carbonyl (C=O) groups is 1. The number of ether oxygens (including phenoxy) is 2. The van der Waals surface area contributed by atoms with Crippen molar-refractivity contribution in [1.82, 2.24) is 0 Å². The van der Waals surface area contributed by atoms with E-state index < -0.39 is 29.4 Å². The average Bonchev–Trinajstić information content (AvgIpc) is 2.81. The number of carbonyl (C=O) groups excluding carboxylic acids is 1. The molecule has 6 nitrogen and oxygen atoms in total. The smallest absolute Gasteiger partial charge is 0.573 e. The van der Waals surface area contributed by atoms with Gasteiger partial charge >= 0.3 is 6.36 Å². The maximum atomic E-state index is 12.8. The van der Waals surface area contributed by atoms with Gasteiger partial charge in [-0.1, -0.05) is 18.2 Å². The van der Waals surface area contributed by atoms with Crippen molar-refractivity contribution in [3.8, 4) is 28.4 Å². The second-order valence-electron chi connectivity index (χ2n) is 6.61. The molecule has 10 heteroatoms. The predicted octanol–water partition coefficient (Wildman–Crippen LogP) is 5.32. The van der Waals surface area contributed by atoms with Crippen LogP contribution in [0.4, 0.5) is 24.5 Å². The number of anilines is 2. The zero-order valence-electron chi connectivity index (χ0n) is 15.9. The highest BCUT2D eigenvalue weighted by atomic mass is 32.2. The average molecular weight is 448 g/mol. The first kappa shape index (κ1) is 20.9. The highest BCUT2D eigenvalue weighted by molar-refractivity contribution is 7.92. The molecule has 0 saturated carbocycles. The third-order valence-corrected chi connectivity index (χ3v) is 4.86. The fourth-order valence-electron chi connectivity index (χ4n) is 3.11. The molecule has 3 aromatic carbocycles. The maximum Gasteiger partial charge on any atom is 0.573 e. The van der Waals surface area contributed by atoms with Crippen LogP contribution in [0.5, 0.6) is 17.2 Å². The number of benzene rings is 3. The summed E-state index contributed by atoms with van der Waals surface area (Å²) in [5.74, 6) is -0.567. The van der Waals surface area contributed by atoms with Gasteiger partial charge in [-0.2, -0.15) is 0 Å². The SMILES string of the molecule is C[S+]([O-])Nc1cccc(-c2ccc3c(c2)C(=O)Nc2cc(OC(F)(F)F)ccc2O3)c1. The van der Waals surface area contributed by atoms with Crippen molar-refractivity contribution in [2.24, 2.45) is 0 Å². The van der Waals surface area contributed by atoms with E-state index in [0.717, 1.165) is 17.7 Å². The Hall–Kier alpha value is -3.37. The van der Waals surface area contributed by atoms with Crippen molar-refractivity contribution in [2.45, 2.75) is 6.36 Å². The summed E-state index contributed by atoms with van der Waals surface area (Å²) in [6.45, 7) is 0. The van der Waals surface area contributed by atoms with Crippen LogP contribution in [0.1, 0.15) is 10.4 Å². The highest BCUT2D eigenvalue weighted by Crippen LogP contribution is 2.40. The molecule has 1 heterocycles. The molecule has 0 aliphatic carbocycles. The maximum absolute atomic E-state index is 12.8. The molecule has 0 fully saturated rings. The number of alkyl halides is 3. The Morgan fingerprint density at radius 1 is 1.03 bits per heavy atom. The molecule has 0 spiro atoms. The fourth-order valence-corrected chi connectivity index (χ4v) is 3.56. The lowest BCUT2D eigenvalue weighted by Crippen LogP contribution is -2.17. The van der Waals surface area contributed by atoms with E-state index in [9.17, 15) is 22.5 Å². The summed E-state index contributed by atoms with van der Waals surface area (Å²) in [5, 5.41) is 2.56. The highest BCUT2D eigenvalue weighted by Gasteiger charge is 2.32. The van der Waals surface area contributed by atoms with Gasteiger partial charge in [-0.25, -0.2) is 4.72 Å². The van der Waals surface area contributed by atoms with E-state index in [4.69, 9.17) is 4.74 Å². The normalized spacial score (nSPS) is 13.8. The van der Waals surface area contributed by atoms with Crippen LogP contribution in [0.2, 0.25) is 0 Å². The molecule has 1 aliphatic heterocycles. The largest absolute Gasteiger partial charge is 0.593 e. The van der Waals surface area contributed by atoms with Crippen molar-refractivity contribution >= 4 is 28.6 Å². The standard InChI is InChI=1S/C21H15F3N2O4S/c1-31(28)26-14-4-2-3-12(9-14)13-5-7-18-16(10-13)20(27)25-17-11-15(30-21(22,23)24)6-8-19(17)29-18/h2-11,26H,1H3,(H,25,27). The number of nitrogens with one attached hydrogen (secondary N) is 2. The molecule has 0 radical (unpaired) electrons. The van der Waals surface area contributed by atoms with Gasteiger partial charge < -0.3 is 19.3 Å². The summed E-state index contributed by atoms with van der Waals surface area (Å²) in [7, 11) is 0. The molecule has 4 rings (SSSR count). The monoisotopic (exact) mass is 448 g/mol. The Bertz CT molecular complexity index is 1150. The lowest BCUT2D eigenvalue weighted by molar-refractivity contribution is -0.274. The molecule has 0 bridgehead atoms. The third-order valence-electron chi connectivity index (χ3n) is 4.33. The van der Waals surface area contributed by atoms with Crippen molar-refractivity contribution < 1.29 is 32.0 Å². The molecular weight excluding hydrogens is 433 g/mol. The van der Waals surface area contributed by atoms with Gasteiger partial charge in [-0.3, -0.25) is 4.79 Å². The van der Waals surface area contributed by atoms with Crippen LogP contribution in [0.3, 0.4) is 0 Å². The number of fused-ring (bicyclic) bond motifs is 2. The van der Waals surface area contributed by atoms with Gasteiger partial charge in [0.1, 0.15) is 17.8 Å². The van der Waals surface area contributed by atoms with E-state index in [2.05, 4.69) is 14.8 Å². The van der Waals surface area contributed by atoms with Crippen molar-refractivity contribution in [3.63, 3.8) is 0 Å². The topological polar surface area (TPSA) is 82.7 Å². The van der Waals surface area contributed by atoms with Gasteiger partial charge in [0.05, 0.1) is 28.3 Å². The second-order valence-corrected chi connectivity index (χ2v) is 7.72. The van der Waals surface area contributed by atoms with E-state index in [0.29, 0.717) is 11.3 Å². The van der Waals surface area contributed by atoms with Crippen LogP contribution in [0, 0.1) is 0 Å². The Kier molecular flexibility index (Phi) is 5.42. The second kappa shape index (κ2) is 8.05. The predicted molar refractivity (Wildman–Crippen MR) is 111 cm³/mol.